The van der Waals surface area contributed by atoms with Gasteiger partial charge in [0.2, 0.25) is 0 Å². The van der Waals surface area contributed by atoms with Crippen molar-refractivity contribution in [1.82, 2.24) is 0 Å². The van der Waals surface area contributed by atoms with Gasteiger partial charge in [-0.15, -0.1) is 0 Å². The van der Waals surface area contributed by atoms with Gasteiger partial charge in [-0.2, -0.15) is 0 Å². The monoisotopic (exact) mass is 306 g/mol. The molecule has 0 saturated heterocycles. The predicted octanol–water partition coefficient (Wildman–Crippen LogP) is 3.02. The molecule has 1 aromatic carbocycles. The van der Waals surface area contributed by atoms with Crippen LogP contribution in [0, 0.1) is 0 Å². The highest BCUT2D eigenvalue weighted by atomic mass is 16.5. The summed E-state index contributed by atoms with van der Waals surface area (Å²) in [6, 6.07) is 2.95. The molecule has 22 heavy (non-hydrogen) atoms. The minimum atomic E-state index is -0.439. The molecule has 0 fully saturated rings. The largest absolute Gasteiger partial charge is 0.508 e. The number of ketones is 1. The molecule has 0 unspecified atom stereocenters. The van der Waals surface area contributed by atoms with Gasteiger partial charge in [-0.1, -0.05) is 0 Å². The number of methoxy groups -OCH3 is 1. The summed E-state index contributed by atoms with van der Waals surface area (Å²) >= 11 is 0. The molecule has 0 bridgehead atoms. The van der Waals surface area contributed by atoms with Gasteiger partial charge >= 0.3 is 5.97 Å². The van der Waals surface area contributed by atoms with Crippen molar-refractivity contribution in [3.8, 4) is 11.5 Å². The van der Waals surface area contributed by atoms with E-state index in [1.807, 2.05) is 6.92 Å². The van der Waals surface area contributed by atoms with Crippen LogP contribution in [0.4, 0.5) is 0 Å². The first-order chi connectivity index (χ1) is 10.5. The first-order valence-electron chi connectivity index (χ1n) is 7.64. The fraction of sp³-hybridized carbons (Fsp3) is 0.529. The summed E-state index contributed by atoms with van der Waals surface area (Å²) in [6.07, 6.45) is 3.31. The number of cyclic esters (lactones) is 1. The molecule has 1 heterocycles. The molecule has 0 amide bonds. The number of aromatic hydroxyl groups is 1. The quantitative estimate of drug-likeness (QED) is 0.807. The number of rotatable bonds is 1. The van der Waals surface area contributed by atoms with E-state index in [9.17, 15) is 14.7 Å². The number of phenols is 1. The SMILES string of the molecule is COc1cc(O)cc2c1C(=O)O[C@H](C)CCCC(=O)CCC2. The molecule has 1 aromatic rings. The van der Waals surface area contributed by atoms with Crippen LogP contribution in [0.1, 0.15) is 54.9 Å². The summed E-state index contributed by atoms with van der Waals surface area (Å²) in [5.41, 5.74) is 1.00. The average molecular weight is 306 g/mol. The Morgan fingerprint density at radius 1 is 1.18 bits per heavy atom. The lowest BCUT2D eigenvalue weighted by Crippen LogP contribution is -2.18. The zero-order valence-electron chi connectivity index (χ0n) is 13.1. The van der Waals surface area contributed by atoms with Crippen molar-refractivity contribution in [3.05, 3.63) is 23.3 Å². The van der Waals surface area contributed by atoms with E-state index in [2.05, 4.69) is 0 Å². The van der Waals surface area contributed by atoms with Crippen molar-refractivity contribution in [1.29, 1.82) is 0 Å². The van der Waals surface area contributed by atoms with Gasteiger partial charge < -0.3 is 14.6 Å². The van der Waals surface area contributed by atoms with E-state index >= 15 is 0 Å². The Morgan fingerprint density at radius 2 is 1.91 bits per heavy atom. The minimum Gasteiger partial charge on any atom is -0.508 e. The number of hydrogen-bond acceptors (Lipinski definition) is 5. The van der Waals surface area contributed by atoms with E-state index in [-0.39, 0.29) is 17.6 Å². The summed E-state index contributed by atoms with van der Waals surface area (Å²) in [5, 5.41) is 9.78. The number of Topliss-reactive ketones (excluding diaryl/α,β-unsaturated/α-hetero) is 1. The lowest BCUT2D eigenvalue weighted by molar-refractivity contribution is -0.119. The molecule has 120 valence electrons. The van der Waals surface area contributed by atoms with Gasteiger partial charge in [0.25, 0.3) is 0 Å². The second kappa shape index (κ2) is 7.29. The van der Waals surface area contributed by atoms with E-state index in [0.29, 0.717) is 49.0 Å². The Bertz CT molecular complexity index is 564. The molecule has 1 atom stereocenters. The average Bonchev–Trinajstić information content (AvgIpc) is 2.45. The highest BCUT2D eigenvalue weighted by molar-refractivity contribution is 5.94. The van der Waals surface area contributed by atoms with Crippen molar-refractivity contribution in [2.45, 2.75) is 51.6 Å². The van der Waals surface area contributed by atoms with Crippen LogP contribution in [-0.2, 0) is 16.0 Å². The van der Waals surface area contributed by atoms with Crippen molar-refractivity contribution in [3.63, 3.8) is 0 Å². The topological polar surface area (TPSA) is 72.8 Å². The number of ether oxygens (including phenoxy) is 2. The molecule has 0 aromatic heterocycles. The third kappa shape index (κ3) is 4.00. The molecule has 0 saturated carbocycles. The first kappa shape index (κ1) is 16.3. The number of carbonyl (C=O) groups excluding carboxylic acids is 2. The first-order valence-corrected chi connectivity index (χ1v) is 7.64. The third-order valence-electron chi connectivity index (χ3n) is 3.87. The molecular formula is C17H22O5. The highest BCUT2D eigenvalue weighted by Gasteiger charge is 2.23. The lowest BCUT2D eigenvalue weighted by atomic mass is 9.97. The van der Waals surface area contributed by atoms with Crippen LogP contribution in [0.5, 0.6) is 11.5 Å². The normalized spacial score (nSPS) is 20.4. The second-order valence-electron chi connectivity index (χ2n) is 5.68. The molecule has 0 aliphatic carbocycles. The standard InChI is InChI=1S/C17H22O5/c1-11-5-3-7-13(18)8-4-6-12-9-14(19)10-15(21-2)16(12)17(20)22-11/h9-11,19H,3-8H2,1-2H3/t11-/m1/s1. The van der Waals surface area contributed by atoms with Crippen LogP contribution < -0.4 is 4.74 Å². The van der Waals surface area contributed by atoms with Crippen molar-refractivity contribution < 1.29 is 24.2 Å². The molecule has 0 radical (unpaired) electrons. The highest BCUT2D eigenvalue weighted by Crippen LogP contribution is 2.31. The summed E-state index contributed by atoms with van der Waals surface area (Å²) in [5.74, 6) is 0.129. The van der Waals surface area contributed by atoms with Gasteiger partial charge in [-0.3, -0.25) is 4.79 Å². The predicted molar refractivity (Wildman–Crippen MR) is 81.3 cm³/mol. The molecule has 5 heteroatoms. The fourth-order valence-electron chi connectivity index (χ4n) is 2.74. The number of benzene rings is 1. The number of aryl methyl sites for hydroxylation is 1. The van der Waals surface area contributed by atoms with E-state index < -0.39 is 5.97 Å². The number of esters is 1. The third-order valence-corrected chi connectivity index (χ3v) is 3.87. The van der Waals surface area contributed by atoms with Gasteiger partial charge in [0.15, 0.2) is 0 Å². The van der Waals surface area contributed by atoms with E-state index in [1.165, 1.54) is 13.2 Å². The number of fused-ring (bicyclic) bond motifs is 1. The lowest BCUT2D eigenvalue weighted by Gasteiger charge is -2.18. The zero-order chi connectivity index (χ0) is 16.1. The van der Waals surface area contributed by atoms with Crippen LogP contribution >= 0.6 is 0 Å². The van der Waals surface area contributed by atoms with Gasteiger partial charge in [-0.05, 0) is 44.2 Å². The molecule has 0 spiro atoms. The number of hydrogen-bond donors (Lipinski definition) is 1. The molecule has 5 nitrogen and oxygen atoms in total. The Kier molecular flexibility index (Phi) is 5.41. The molecule has 2 rings (SSSR count). The van der Waals surface area contributed by atoms with Gasteiger partial charge in [0.1, 0.15) is 22.8 Å². The summed E-state index contributed by atoms with van der Waals surface area (Å²) in [7, 11) is 1.45. The fourth-order valence-corrected chi connectivity index (χ4v) is 2.74. The molecular weight excluding hydrogens is 284 g/mol. The molecule has 1 N–H and O–H groups in total. The maximum Gasteiger partial charge on any atom is 0.342 e. The Hall–Kier alpha value is -2.04. The number of carbonyl (C=O) groups is 2. The van der Waals surface area contributed by atoms with Crippen LogP contribution in [0.3, 0.4) is 0 Å². The van der Waals surface area contributed by atoms with Crippen LogP contribution in [0.25, 0.3) is 0 Å². The summed E-state index contributed by atoms with van der Waals surface area (Å²) < 4.78 is 10.7. The minimum absolute atomic E-state index is 0.0369. The Balaban J connectivity index is 2.38. The van der Waals surface area contributed by atoms with Gasteiger partial charge in [-0.25, -0.2) is 4.79 Å². The van der Waals surface area contributed by atoms with E-state index in [4.69, 9.17) is 9.47 Å². The molecule has 1 aliphatic heterocycles. The van der Waals surface area contributed by atoms with Crippen molar-refractivity contribution in [2.24, 2.45) is 0 Å². The van der Waals surface area contributed by atoms with Crippen LogP contribution in [0.2, 0.25) is 0 Å². The van der Waals surface area contributed by atoms with Crippen molar-refractivity contribution in [2.75, 3.05) is 7.11 Å². The van der Waals surface area contributed by atoms with E-state index in [1.54, 1.807) is 6.07 Å². The smallest absolute Gasteiger partial charge is 0.342 e. The number of phenolic OH excluding ortho intramolecular Hbond substituents is 1. The van der Waals surface area contributed by atoms with E-state index in [0.717, 1.165) is 6.42 Å². The van der Waals surface area contributed by atoms with Gasteiger partial charge in [0, 0.05) is 18.9 Å². The molecule has 1 aliphatic rings. The maximum atomic E-state index is 12.4. The van der Waals surface area contributed by atoms with Crippen LogP contribution in [0.15, 0.2) is 12.1 Å². The second-order valence-corrected chi connectivity index (χ2v) is 5.68. The summed E-state index contributed by atoms with van der Waals surface area (Å²) in [4.78, 5) is 24.2. The van der Waals surface area contributed by atoms with Crippen molar-refractivity contribution >= 4 is 11.8 Å². The van der Waals surface area contributed by atoms with Gasteiger partial charge in [0.05, 0.1) is 13.2 Å². The van der Waals surface area contributed by atoms with Crippen LogP contribution in [-0.4, -0.2) is 30.1 Å². The Morgan fingerprint density at radius 3 is 2.64 bits per heavy atom. The summed E-state index contributed by atoms with van der Waals surface area (Å²) in [6.45, 7) is 1.82. The Labute approximate surface area is 130 Å². The maximum absolute atomic E-state index is 12.4. The zero-order valence-corrected chi connectivity index (χ0v) is 13.1.